The van der Waals surface area contributed by atoms with Gasteiger partial charge in [-0.3, -0.25) is 4.57 Å². The van der Waals surface area contributed by atoms with Crippen molar-refractivity contribution in [1.82, 2.24) is 18.9 Å². The highest BCUT2D eigenvalue weighted by Gasteiger charge is 2.23. The van der Waals surface area contributed by atoms with Gasteiger partial charge in [-0.15, -0.1) is 11.3 Å². The molecule has 8 aromatic carbocycles. The molecule has 0 atom stereocenters. The van der Waals surface area contributed by atoms with E-state index in [2.05, 4.69) is 179 Å². The van der Waals surface area contributed by atoms with Crippen molar-refractivity contribution >= 4 is 113 Å². The number of fused-ring (bicyclic) bond motifs is 12. The average Bonchev–Trinajstić information content (AvgIpc) is 3.92. The zero-order valence-corrected chi connectivity index (χ0v) is 30.2. The Kier molecular flexibility index (Phi) is 5.74. The molecule has 0 radical (unpaired) electrons. The van der Waals surface area contributed by atoms with Gasteiger partial charge in [-0.05, 0) is 53.2 Å². The van der Waals surface area contributed by atoms with Crippen LogP contribution in [0.4, 0.5) is 0 Å². The third-order valence-corrected chi connectivity index (χ3v) is 12.8. The summed E-state index contributed by atoms with van der Waals surface area (Å²) in [6, 6.07) is 61.6. The largest absolute Gasteiger partial charge is 0.308 e. The Hall–Kier alpha value is -7.08. The van der Waals surface area contributed by atoms with Gasteiger partial charge in [-0.25, -0.2) is 9.97 Å². The number of hydrogen-bond donors (Lipinski definition) is 0. The first kappa shape index (κ1) is 29.4. The van der Waals surface area contributed by atoms with Gasteiger partial charge in [0.2, 0.25) is 5.95 Å². The minimum Gasteiger partial charge on any atom is -0.308 e. The van der Waals surface area contributed by atoms with E-state index < -0.39 is 0 Å². The molecule has 0 aliphatic heterocycles. The summed E-state index contributed by atoms with van der Waals surface area (Å²) >= 11 is 1.89. The quantitative estimate of drug-likeness (QED) is 0.179. The number of nitrogens with zero attached hydrogens (tertiary/aromatic N) is 4. The Morgan fingerprint density at radius 1 is 0.364 bits per heavy atom. The molecule has 0 amide bonds. The van der Waals surface area contributed by atoms with Gasteiger partial charge in [0.15, 0.2) is 0 Å². The summed E-state index contributed by atoms with van der Waals surface area (Å²) < 4.78 is 7.44. The highest BCUT2D eigenvalue weighted by Crippen LogP contribution is 2.47. The average molecular weight is 717 g/mol. The standard InChI is InChI=1S/C50H28N4S/c1-2-13-29(14-3-1)48-34-16-4-7-22-37(34)51-50(52-48)54-39-24-9-6-17-35(39)44-41(54)28-27-40-45(44)36-21-10-20-33-32-19-12-26-43-47(32)46-31(18-11-25-42(46)55-43)30-15-5-8-23-38(30)53(40)49(33)36/h1-28H. The Labute approximate surface area is 317 Å². The fourth-order valence-corrected chi connectivity index (χ4v) is 10.6. The number of rotatable bonds is 2. The number of para-hydroxylation sites is 4. The normalized spacial score (nSPS) is 12.4. The predicted molar refractivity (Wildman–Crippen MR) is 233 cm³/mol. The van der Waals surface area contributed by atoms with Gasteiger partial charge in [0.1, 0.15) is 0 Å². The molecule has 13 rings (SSSR count). The molecule has 0 saturated heterocycles. The predicted octanol–water partition coefficient (Wildman–Crippen LogP) is 13.6. The van der Waals surface area contributed by atoms with E-state index in [1.54, 1.807) is 0 Å². The zero-order chi connectivity index (χ0) is 35.8. The maximum atomic E-state index is 5.37. The molecule has 0 N–H and O–H groups in total. The highest BCUT2D eigenvalue weighted by molar-refractivity contribution is 7.26. The van der Waals surface area contributed by atoms with Crippen molar-refractivity contribution in [3.63, 3.8) is 0 Å². The Bertz CT molecular complexity index is 3780. The first-order chi connectivity index (χ1) is 27.3. The van der Waals surface area contributed by atoms with Gasteiger partial charge in [0, 0.05) is 63.4 Å². The molecule has 254 valence electrons. The Balaban J connectivity index is 1.27. The first-order valence-electron chi connectivity index (χ1n) is 18.7. The van der Waals surface area contributed by atoms with Crippen LogP contribution in [0.25, 0.3) is 119 Å². The molecule has 0 spiro atoms. The van der Waals surface area contributed by atoms with Crippen LogP contribution in [-0.2, 0) is 0 Å². The maximum Gasteiger partial charge on any atom is 0.235 e. The SMILES string of the molecule is c1ccc(-c2nc(-n3c4ccccc4c4c5c6cccc7c8cccc9sc%10cccc(c%11ccccc%11n(c5ccc43)c76)c%10c98)nc3ccccc23)cc1. The molecule has 13 aromatic rings. The van der Waals surface area contributed by atoms with Gasteiger partial charge in [0.25, 0.3) is 0 Å². The van der Waals surface area contributed by atoms with Gasteiger partial charge in [-0.1, -0.05) is 127 Å². The van der Waals surface area contributed by atoms with E-state index in [9.17, 15) is 0 Å². The zero-order valence-electron chi connectivity index (χ0n) is 29.4. The van der Waals surface area contributed by atoms with Gasteiger partial charge in [-0.2, -0.15) is 0 Å². The molecule has 0 aliphatic rings. The summed E-state index contributed by atoms with van der Waals surface area (Å²) in [5.41, 5.74) is 8.67. The fraction of sp³-hybridized carbons (Fsp3) is 0. The number of thiophene rings is 1. The van der Waals surface area contributed by atoms with Crippen LogP contribution in [0.1, 0.15) is 0 Å². The molecular formula is C50H28N4S. The molecule has 5 heterocycles. The van der Waals surface area contributed by atoms with Crippen LogP contribution in [0.2, 0.25) is 0 Å². The molecule has 55 heavy (non-hydrogen) atoms. The maximum absolute atomic E-state index is 5.37. The van der Waals surface area contributed by atoms with E-state index in [1.807, 2.05) is 11.3 Å². The van der Waals surface area contributed by atoms with Crippen molar-refractivity contribution in [2.24, 2.45) is 0 Å². The van der Waals surface area contributed by atoms with Crippen molar-refractivity contribution < 1.29 is 0 Å². The smallest absolute Gasteiger partial charge is 0.235 e. The van der Waals surface area contributed by atoms with E-state index in [1.165, 1.54) is 79.8 Å². The first-order valence-corrected chi connectivity index (χ1v) is 19.5. The molecule has 5 aromatic heterocycles. The third-order valence-electron chi connectivity index (χ3n) is 11.7. The number of aromatic nitrogens is 4. The Morgan fingerprint density at radius 3 is 1.76 bits per heavy atom. The number of benzene rings is 8. The van der Waals surface area contributed by atoms with Crippen molar-refractivity contribution in [2.45, 2.75) is 0 Å². The Morgan fingerprint density at radius 2 is 0.945 bits per heavy atom. The summed E-state index contributed by atoms with van der Waals surface area (Å²) in [5, 5.41) is 13.6. The van der Waals surface area contributed by atoms with E-state index in [-0.39, 0.29) is 0 Å². The molecule has 5 heteroatoms. The van der Waals surface area contributed by atoms with Crippen LogP contribution in [0.3, 0.4) is 0 Å². The van der Waals surface area contributed by atoms with Crippen LogP contribution in [0.15, 0.2) is 170 Å². The van der Waals surface area contributed by atoms with Gasteiger partial charge in [0.05, 0.1) is 38.8 Å². The lowest BCUT2D eigenvalue weighted by atomic mass is 10.00. The minimum atomic E-state index is 0.664. The summed E-state index contributed by atoms with van der Waals surface area (Å²) in [4.78, 5) is 10.6. The van der Waals surface area contributed by atoms with Crippen molar-refractivity contribution in [3.8, 4) is 17.2 Å². The summed E-state index contributed by atoms with van der Waals surface area (Å²) in [6.07, 6.45) is 0. The monoisotopic (exact) mass is 716 g/mol. The second-order valence-corrected chi connectivity index (χ2v) is 15.6. The summed E-state index contributed by atoms with van der Waals surface area (Å²) in [6.45, 7) is 0. The number of hydrogen-bond acceptors (Lipinski definition) is 3. The van der Waals surface area contributed by atoms with Crippen LogP contribution >= 0.6 is 11.3 Å². The summed E-state index contributed by atoms with van der Waals surface area (Å²) in [7, 11) is 0. The van der Waals surface area contributed by atoms with Gasteiger partial charge >= 0.3 is 0 Å². The van der Waals surface area contributed by atoms with Crippen LogP contribution in [0, 0.1) is 0 Å². The van der Waals surface area contributed by atoms with E-state index in [0.29, 0.717) is 5.95 Å². The van der Waals surface area contributed by atoms with Crippen LogP contribution in [0.5, 0.6) is 0 Å². The van der Waals surface area contributed by atoms with E-state index in [0.717, 1.165) is 33.2 Å². The van der Waals surface area contributed by atoms with Crippen molar-refractivity contribution in [1.29, 1.82) is 0 Å². The van der Waals surface area contributed by atoms with E-state index in [4.69, 9.17) is 9.97 Å². The lowest BCUT2D eigenvalue weighted by molar-refractivity contribution is 1.01. The topological polar surface area (TPSA) is 35.1 Å². The van der Waals surface area contributed by atoms with Crippen LogP contribution in [-0.4, -0.2) is 18.9 Å². The lowest BCUT2D eigenvalue weighted by Gasteiger charge is -2.11. The van der Waals surface area contributed by atoms with E-state index >= 15 is 0 Å². The molecule has 0 bridgehead atoms. The molecule has 0 fully saturated rings. The fourth-order valence-electron chi connectivity index (χ4n) is 9.49. The molecule has 0 aliphatic carbocycles. The highest BCUT2D eigenvalue weighted by atomic mass is 32.1. The molecule has 4 nitrogen and oxygen atoms in total. The van der Waals surface area contributed by atoms with Gasteiger partial charge < -0.3 is 4.40 Å². The second-order valence-electron chi connectivity index (χ2n) is 14.5. The van der Waals surface area contributed by atoms with Crippen LogP contribution < -0.4 is 0 Å². The van der Waals surface area contributed by atoms with Crippen molar-refractivity contribution in [3.05, 3.63) is 170 Å². The lowest BCUT2D eigenvalue weighted by Crippen LogP contribution is -2.03. The molecule has 0 unspecified atom stereocenters. The molecule has 0 saturated carbocycles. The minimum absolute atomic E-state index is 0.664. The third kappa shape index (κ3) is 3.84. The van der Waals surface area contributed by atoms with Crippen molar-refractivity contribution in [2.75, 3.05) is 0 Å². The molecular weight excluding hydrogens is 689 g/mol. The summed E-state index contributed by atoms with van der Waals surface area (Å²) in [5.74, 6) is 0.664. The second kappa shape index (κ2) is 10.8.